The third-order valence-corrected chi connectivity index (χ3v) is 3.66. The Morgan fingerprint density at radius 1 is 1.09 bits per heavy atom. The van der Waals surface area contributed by atoms with Crippen molar-refractivity contribution in [3.63, 3.8) is 0 Å². The second-order valence-corrected chi connectivity index (χ2v) is 5.04. The van der Waals surface area contributed by atoms with Crippen LogP contribution in [-0.4, -0.2) is 16.2 Å². The zero-order valence-electron chi connectivity index (χ0n) is 11.0. The van der Waals surface area contributed by atoms with E-state index in [1.54, 1.807) is 42.5 Å². The van der Waals surface area contributed by atoms with Crippen molar-refractivity contribution in [3.05, 3.63) is 64.5 Å². The smallest absolute Gasteiger partial charge is 0.345 e. The SMILES string of the molecule is O=C(Oc1ccc(-c2nnco2)cc1)c1cccc(Cl)c1Cl. The minimum absolute atomic E-state index is 0.164. The summed E-state index contributed by atoms with van der Waals surface area (Å²) in [6.45, 7) is 0. The van der Waals surface area contributed by atoms with Gasteiger partial charge >= 0.3 is 5.97 Å². The van der Waals surface area contributed by atoms with Gasteiger partial charge in [0.05, 0.1) is 15.6 Å². The van der Waals surface area contributed by atoms with Gasteiger partial charge in [-0.1, -0.05) is 29.3 Å². The van der Waals surface area contributed by atoms with Crippen LogP contribution in [0.15, 0.2) is 53.3 Å². The maximum atomic E-state index is 12.1. The summed E-state index contributed by atoms with van der Waals surface area (Å²) in [7, 11) is 0. The molecule has 0 aliphatic carbocycles. The molecule has 22 heavy (non-hydrogen) atoms. The number of ether oxygens (including phenoxy) is 1. The monoisotopic (exact) mass is 334 g/mol. The predicted molar refractivity (Wildman–Crippen MR) is 81.2 cm³/mol. The molecular weight excluding hydrogens is 327 g/mol. The molecule has 0 amide bonds. The second-order valence-electron chi connectivity index (χ2n) is 4.26. The lowest BCUT2D eigenvalue weighted by atomic mass is 10.2. The fourth-order valence-corrected chi connectivity index (χ4v) is 2.17. The van der Waals surface area contributed by atoms with Crippen LogP contribution in [0.4, 0.5) is 0 Å². The Hall–Kier alpha value is -2.37. The Bertz CT molecular complexity index is 802. The Morgan fingerprint density at radius 2 is 1.86 bits per heavy atom. The van der Waals surface area contributed by atoms with Gasteiger partial charge in [0.15, 0.2) is 0 Å². The van der Waals surface area contributed by atoms with E-state index in [4.69, 9.17) is 32.4 Å². The fourth-order valence-electron chi connectivity index (χ4n) is 1.79. The highest BCUT2D eigenvalue weighted by atomic mass is 35.5. The zero-order valence-corrected chi connectivity index (χ0v) is 12.5. The molecule has 1 aromatic heterocycles. The summed E-state index contributed by atoms with van der Waals surface area (Å²) >= 11 is 11.9. The third-order valence-electron chi connectivity index (χ3n) is 2.84. The predicted octanol–water partition coefficient (Wildman–Crippen LogP) is 4.26. The quantitative estimate of drug-likeness (QED) is 0.528. The van der Waals surface area contributed by atoms with Gasteiger partial charge in [-0.2, -0.15) is 0 Å². The van der Waals surface area contributed by atoms with Crippen LogP contribution in [0.2, 0.25) is 10.0 Å². The van der Waals surface area contributed by atoms with Crippen molar-refractivity contribution in [1.29, 1.82) is 0 Å². The molecule has 0 fully saturated rings. The molecule has 0 bridgehead atoms. The lowest BCUT2D eigenvalue weighted by molar-refractivity contribution is 0.0735. The Kier molecular flexibility index (Phi) is 4.09. The number of nitrogens with zero attached hydrogens (tertiary/aromatic N) is 2. The van der Waals surface area contributed by atoms with Gasteiger partial charge < -0.3 is 9.15 Å². The molecule has 0 aliphatic rings. The van der Waals surface area contributed by atoms with E-state index in [2.05, 4.69) is 10.2 Å². The highest BCUT2D eigenvalue weighted by molar-refractivity contribution is 6.43. The van der Waals surface area contributed by atoms with Crippen LogP contribution in [0.25, 0.3) is 11.5 Å². The first-order valence-electron chi connectivity index (χ1n) is 6.18. The van der Waals surface area contributed by atoms with E-state index in [1.807, 2.05) is 0 Å². The Morgan fingerprint density at radius 3 is 2.55 bits per heavy atom. The van der Waals surface area contributed by atoms with Gasteiger partial charge in [-0.25, -0.2) is 4.79 Å². The molecule has 3 rings (SSSR count). The van der Waals surface area contributed by atoms with Crippen molar-refractivity contribution >= 4 is 29.2 Å². The van der Waals surface area contributed by atoms with Crippen LogP contribution in [0.3, 0.4) is 0 Å². The first-order chi connectivity index (χ1) is 10.6. The molecule has 1 heterocycles. The first-order valence-corrected chi connectivity index (χ1v) is 6.93. The number of esters is 1. The number of hydrogen-bond acceptors (Lipinski definition) is 5. The molecule has 0 N–H and O–H groups in total. The fraction of sp³-hybridized carbons (Fsp3) is 0. The first kappa shape index (κ1) is 14.6. The van der Waals surface area contributed by atoms with E-state index in [1.165, 1.54) is 6.39 Å². The minimum Gasteiger partial charge on any atom is -0.423 e. The number of carbonyl (C=O) groups excluding carboxylic acids is 1. The molecule has 2 aromatic carbocycles. The summed E-state index contributed by atoms with van der Waals surface area (Å²) in [6, 6.07) is 11.4. The van der Waals surface area contributed by atoms with Crippen molar-refractivity contribution < 1.29 is 13.9 Å². The molecule has 5 nitrogen and oxygen atoms in total. The number of carbonyl (C=O) groups is 1. The number of halogens is 2. The van der Waals surface area contributed by atoms with E-state index < -0.39 is 5.97 Å². The van der Waals surface area contributed by atoms with Crippen molar-refractivity contribution in [2.24, 2.45) is 0 Å². The van der Waals surface area contributed by atoms with Gasteiger partial charge in [-0.3, -0.25) is 0 Å². The third kappa shape index (κ3) is 2.95. The number of aromatic nitrogens is 2. The van der Waals surface area contributed by atoms with Crippen molar-refractivity contribution in [3.8, 4) is 17.2 Å². The molecule has 0 spiro atoms. The maximum absolute atomic E-state index is 12.1. The van der Waals surface area contributed by atoms with Gasteiger partial charge in [0.1, 0.15) is 5.75 Å². The van der Waals surface area contributed by atoms with Crippen LogP contribution < -0.4 is 4.74 Å². The molecule has 110 valence electrons. The lowest BCUT2D eigenvalue weighted by Gasteiger charge is -2.07. The highest BCUT2D eigenvalue weighted by Gasteiger charge is 2.15. The summed E-state index contributed by atoms with van der Waals surface area (Å²) in [6.07, 6.45) is 1.24. The van der Waals surface area contributed by atoms with E-state index >= 15 is 0 Å². The average molecular weight is 335 g/mol. The van der Waals surface area contributed by atoms with Gasteiger partial charge in [0.2, 0.25) is 12.3 Å². The van der Waals surface area contributed by atoms with Gasteiger partial charge in [0.25, 0.3) is 0 Å². The largest absolute Gasteiger partial charge is 0.423 e. The zero-order chi connectivity index (χ0) is 15.5. The van der Waals surface area contributed by atoms with Crippen LogP contribution >= 0.6 is 23.2 Å². The van der Waals surface area contributed by atoms with Crippen molar-refractivity contribution in [1.82, 2.24) is 10.2 Å². The van der Waals surface area contributed by atoms with E-state index in [0.29, 0.717) is 16.7 Å². The molecule has 7 heteroatoms. The second kappa shape index (κ2) is 6.17. The van der Waals surface area contributed by atoms with Crippen molar-refractivity contribution in [2.75, 3.05) is 0 Å². The van der Waals surface area contributed by atoms with Crippen LogP contribution in [-0.2, 0) is 0 Å². The molecule has 0 unspecified atom stereocenters. The summed E-state index contributed by atoms with van der Waals surface area (Å²) < 4.78 is 10.3. The molecule has 3 aromatic rings. The molecule has 0 saturated carbocycles. The molecular formula is C15H8Cl2N2O3. The van der Waals surface area contributed by atoms with Crippen molar-refractivity contribution in [2.45, 2.75) is 0 Å². The normalized spacial score (nSPS) is 10.5. The lowest BCUT2D eigenvalue weighted by Crippen LogP contribution is -2.09. The van der Waals surface area contributed by atoms with Crippen LogP contribution in [0.5, 0.6) is 5.75 Å². The maximum Gasteiger partial charge on any atom is 0.345 e. The topological polar surface area (TPSA) is 65.2 Å². The van der Waals surface area contributed by atoms with E-state index in [0.717, 1.165) is 5.56 Å². The Labute approximate surface area is 135 Å². The number of hydrogen-bond donors (Lipinski definition) is 0. The highest BCUT2D eigenvalue weighted by Crippen LogP contribution is 2.27. The number of benzene rings is 2. The molecule has 0 saturated heterocycles. The molecule has 0 aliphatic heterocycles. The van der Waals surface area contributed by atoms with E-state index in [-0.39, 0.29) is 10.6 Å². The minimum atomic E-state index is -0.585. The Balaban J connectivity index is 1.78. The molecule has 0 atom stereocenters. The van der Waals surface area contributed by atoms with E-state index in [9.17, 15) is 4.79 Å². The van der Waals surface area contributed by atoms with Crippen LogP contribution in [0, 0.1) is 0 Å². The summed E-state index contributed by atoms with van der Waals surface area (Å²) in [5.41, 5.74) is 0.924. The molecule has 0 radical (unpaired) electrons. The van der Waals surface area contributed by atoms with Gasteiger partial charge in [-0.15, -0.1) is 10.2 Å². The average Bonchev–Trinajstić information content (AvgIpc) is 3.05. The standard InChI is InChI=1S/C15H8Cl2N2O3/c16-12-3-1-2-11(13(12)17)15(20)22-10-6-4-9(5-7-10)14-19-18-8-21-14/h1-8H. The van der Waals surface area contributed by atoms with Gasteiger partial charge in [-0.05, 0) is 36.4 Å². The summed E-state index contributed by atoms with van der Waals surface area (Å²) in [4.78, 5) is 12.1. The summed E-state index contributed by atoms with van der Waals surface area (Å²) in [5, 5.41) is 7.85. The number of rotatable bonds is 3. The summed E-state index contributed by atoms with van der Waals surface area (Å²) in [5.74, 6) is 0.165. The van der Waals surface area contributed by atoms with Gasteiger partial charge in [0, 0.05) is 5.56 Å². The van der Waals surface area contributed by atoms with Crippen LogP contribution in [0.1, 0.15) is 10.4 Å².